The Morgan fingerprint density at radius 3 is 2.67 bits per heavy atom. The summed E-state index contributed by atoms with van der Waals surface area (Å²) in [6.07, 6.45) is 5.50. The van der Waals surface area contributed by atoms with E-state index in [0.29, 0.717) is 18.2 Å². The van der Waals surface area contributed by atoms with E-state index in [2.05, 4.69) is 9.88 Å². The third-order valence-electron chi connectivity index (χ3n) is 4.55. The first kappa shape index (κ1) is 14.5. The maximum Gasteiger partial charge on any atom is 0.261 e. The van der Waals surface area contributed by atoms with Gasteiger partial charge in [-0.1, -0.05) is 0 Å². The topological polar surface area (TPSA) is 45.4 Å². The zero-order valence-electron chi connectivity index (χ0n) is 12.1. The highest BCUT2D eigenvalue weighted by molar-refractivity contribution is 5.66. The molecular weight excluding hydrogens is 274 g/mol. The molecule has 0 spiro atoms. The maximum absolute atomic E-state index is 13.2. The number of likely N-dealkylation sites (tertiary alicyclic amines) is 1. The predicted molar refractivity (Wildman–Crippen MR) is 79.6 cm³/mol. The third kappa shape index (κ3) is 3.43. The van der Waals surface area contributed by atoms with Crippen LogP contribution in [0.25, 0.3) is 0 Å². The van der Waals surface area contributed by atoms with Crippen LogP contribution in [-0.2, 0) is 0 Å². The van der Waals surface area contributed by atoms with Crippen LogP contribution >= 0.6 is 0 Å². The summed E-state index contributed by atoms with van der Waals surface area (Å²) in [4.78, 5) is 8.20. The summed E-state index contributed by atoms with van der Waals surface area (Å²) in [7, 11) is 0. The molecule has 4 nitrogen and oxygen atoms in total. The van der Waals surface area contributed by atoms with Crippen LogP contribution < -0.4 is 10.6 Å². The minimum atomic E-state index is -2.48. The van der Waals surface area contributed by atoms with Gasteiger partial charge in [0.2, 0.25) is 0 Å². The van der Waals surface area contributed by atoms with Crippen LogP contribution in [0.3, 0.4) is 0 Å². The van der Waals surface area contributed by atoms with E-state index in [-0.39, 0.29) is 13.0 Å². The van der Waals surface area contributed by atoms with Crippen molar-refractivity contribution in [1.29, 1.82) is 0 Å². The average molecular weight is 296 g/mol. The molecule has 2 aliphatic heterocycles. The summed E-state index contributed by atoms with van der Waals surface area (Å²) in [5, 5.41) is 0. The van der Waals surface area contributed by atoms with Crippen LogP contribution in [0.15, 0.2) is 18.5 Å². The van der Waals surface area contributed by atoms with Gasteiger partial charge >= 0.3 is 0 Å². The van der Waals surface area contributed by atoms with Gasteiger partial charge < -0.3 is 10.6 Å². The van der Waals surface area contributed by atoms with Crippen LogP contribution in [0.5, 0.6) is 0 Å². The second-order valence-electron chi connectivity index (χ2n) is 6.21. The summed E-state index contributed by atoms with van der Waals surface area (Å²) >= 11 is 0. The van der Waals surface area contributed by atoms with Gasteiger partial charge in [-0.25, -0.2) is 8.78 Å². The number of alkyl halides is 2. The molecule has 0 atom stereocenters. The number of hydrogen-bond acceptors (Lipinski definition) is 4. The molecule has 3 heterocycles. The van der Waals surface area contributed by atoms with Gasteiger partial charge in [0.25, 0.3) is 5.92 Å². The van der Waals surface area contributed by atoms with Crippen LogP contribution in [-0.4, -0.2) is 48.5 Å². The number of anilines is 2. The Balaban J connectivity index is 1.51. The molecule has 2 saturated heterocycles. The number of halogens is 2. The molecule has 0 saturated carbocycles. The third-order valence-corrected chi connectivity index (χ3v) is 4.55. The molecule has 1 aromatic rings. The Morgan fingerprint density at radius 1 is 1.29 bits per heavy atom. The lowest BCUT2D eigenvalue weighted by Crippen LogP contribution is -2.39. The largest absolute Gasteiger partial charge is 0.396 e. The number of pyridine rings is 1. The van der Waals surface area contributed by atoms with Crippen molar-refractivity contribution in [3.63, 3.8) is 0 Å². The molecule has 1 aromatic heterocycles. The van der Waals surface area contributed by atoms with E-state index in [4.69, 9.17) is 5.73 Å². The highest BCUT2D eigenvalue weighted by atomic mass is 19.3. The first-order chi connectivity index (χ1) is 10.0. The number of aromatic nitrogens is 1. The molecule has 6 heteroatoms. The standard InChI is InChI=1S/C15H22F2N4/c16-15(17)4-8-20(11-15)10-12-2-6-21(7-3-12)14-1-5-19-9-13(14)18/h1,5,9,12H,2-4,6-8,10-11,18H2. The lowest BCUT2D eigenvalue weighted by Gasteiger charge is -2.35. The van der Waals surface area contributed by atoms with E-state index in [1.165, 1.54) is 0 Å². The number of nitrogens with zero attached hydrogens (tertiary/aromatic N) is 3. The second kappa shape index (κ2) is 5.75. The summed E-state index contributed by atoms with van der Waals surface area (Å²) < 4.78 is 26.4. The number of nitrogen functional groups attached to an aromatic ring is 1. The molecule has 0 aliphatic carbocycles. The zero-order chi connectivity index (χ0) is 14.9. The van der Waals surface area contributed by atoms with Crippen molar-refractivity contribution in [2.75, 3.05) is 43.4 Å². The lowest BCUT2D eigenvalue weighted by atomic mass is 9.96. The monoisotopic (exact) mass is 296 g/mol. The number of nitrogens with two attached hydrogens (primary N) is 1. The number of hydrogen-bond donors (Lipinski definition) is 1. The molecule has 0 radical (unpaired) electrons. The van der Waals surface area contributed by atoms with E-state index in [9.17, 15) is 8.78 Å². The average Bonchev–Trinajstić information content (AvgIpc) is 2.80. The lowest BCUT2D eigenvalue weighted by molar-refractivity contribution is 0.0105. The van der Waals surface area contributed by atoms with Crippen molar-refractivity contribution < 1.29 is 8.78 Å². The van der Waals surface area contributed by atoms with E-state index < -0.39 is 5.92 Å². The van der Waals surface area contributed by atoms with Gasteiger partial charge in [0.15, 0.2) is 0 Å². The molecule has 21 heavy (non-hydrogen) atoms. The smallest absolute Gasteiger partial charge is 0.261 e. The molecule has 2 aliphatic rings. The number of piperidine rings is 1. The molecular formula is C15H22F2N4. The molecule has 0 unspecified atom stereocenters. The van der Waals surface area contributed by atoms with Crippen molar-refractivity contribution in [2.24, 2.45) is 5.92 Å². The van der Waals surface area contributed by atoms with Gasteiger partial charge in [0.05, 0.1) is 24.1 Å². The fourth-order valence-corrected chi connectivity index (χ4v) is 3.37. The van der Waals surface area contributed by atoms with Gasteiger partial charge in [-0.3, -0.25) is 9.88 Å². The minimum absolute atomic E-state index is 0.0133. The van der Waals surface area contributed by atoms with Crippen molar-refractivity contribution in [2.45, 2.75) is 25.2 Å². The van der Waals surface area contributed by atoms with Gasteiger partial charge in [-0.05, 0) is 24.8 Å². The first-order valence-electron chi connectivity index (χ1n) is 7.58. The van der Waals surface area contributed by atoms with E-state index in [1.807, 2.05) is 11.0 Å². The Labute approximate surface area is 123 Å². The highest BCUT2D eigenvalue weighted by Gasteiger charge is 2.38. The van der Waals surface area contributed by atoms with Crippen LogP contribution in [0.1, 0.15) is 19.3 Å². The van der Waals surface area contributed by atoms with Crippen LogP contribution in [0.2, 0.25) is 0 Å². The van der Waals surface area contributed by atoms with Crippen molar-refractivity contribution >= 4 is 11.4 Å². The number of rotatable bonds is 3. The minimum Gasteiger partial charge on any atom is -0.396 e. The second-order valence-corrected chi connectivity index (χ2v) is 6.21. The van der Waals surface area contributed by atoms with E-state index in [0.717, 1.165) is 38.2 Å². The van der Waals surface area contributed by atoms with E-state index >= 15 is 0 Å². The normalized spacial score (nSPS) is 23.6. The predicted octanol–water partition coefficient (Wildman–Crippen LogP) is 2.22. The molecule has 2 fully saturated rings. The van der Waals surface area contributed by atoms with Gasteiger partial charge in [0.1, 0.15) is 0 Å². The molecule has 0 aromatic carbocycles. The first-order valence-corrected chi connectivity index (χ1v) is 7.58. The maximum atomic E-state index is 13.2. The van der Waals surface area contributed by atoms with E-state index in [1.54, 1.807) is 12.4 Å². The molecule has 0 bridgehead atoms. The molecule has 0 amide bonds. The van der Waals surface area contributed by atoms with Gasteiger partial charge in [-0.2, -0.15) is 0 Å². The fourth-order valence-electron chi connectivity index (χ4n) is 3.37. The van der Waals surface area contributed by atoms with Crippen LogP contribution in [0.4, 0.5) is 20.2 Å². The van der Waals surface area contributed by atoms with Gasteiger partial charge in [-0.15, -0.1) is 0 Å². The Morgan fingerprint density at radius 2 is 2.05 bits per heavy atom. The summed E-state index contributed by atoms with van der Waals surface area (Å²) in [6, 6.07) is 1.94. The Kier molecular flexibility index (Phi) is 3.97. The highest BCUT2D eigenvalue weighted by Crippen LogP contribution is 2.31. The summed E-state index contributed by atoms with van der Waals surface area (Å²) in [5.41, 5.74) is 7.69. The van der Waals surface area contributed by atoms with Gasteiger partial charge in [0, 0.05) is 38.8 Å². The summed E-state index contributed by atoms with van der Waals surface area (Å²) in [6.45, 7) is 3.14. The quantitative estimate of drug-likeness (QED) is 0.929. The summed E-state index contributed by atoms with van der Waals surface area (Å²) in [5.74, 6) is -1.97. The Hall–Kier alpha value is -1.43. The van der Waals surface area contributed by atoms with Crippen molar-refractivity contribution in [3.8, 4) is 0 Å². The van der Waals surface area contributed by atoms with Crippen molar-refractivity contribution in [1.82, 2.24) is 9.88 Å². The molecule has 2 N–H and O–H groups in total. The Bertz CT molecular complexity index is 486. The van der Waals surface area contributed by atoms with Crippen molar-refractivity contribution in [3.05, 3.63) is 18.5 Å². The van der Waals surface area contributed by atoms with Crippen LogP contribution in [0, 0.1) is 5.92 Å². The molecule has 3 rings (SSSR count). The SMILES string of the molecule is Nc1cnccc1N1CCC(CN2CCC(F)(F)C2)CC1. The molecule has 116 valence electrons. The fraction of sp³-hybridized carbons (Fsp3) is 0.667. The zero-order valence-corrected chi connectivity index (χ0v) is 12.1.